The fourth-order valence-electron chi connectivity index (χ4n) is 2.81. The summed E-state index contributed by atoms with van der Waals surface area (Å²) < 4.78 is 10.5. The number of benzene rings is 1. The Morgan fingerprint density at radius 1 is 1.30 bits per heavy atom. The molecule has 4 heteroatoms. The van der Waals surface area contributed by atoms with E-state index in [1.807, 2.05) is 0 Å². The summed E-state index contributed by atoms with van der Waals surface area (Å²) in [6.45, 7) is 5.52. The second-order valence-corrected chi connectivity index (χ2v) is 8.10. The average molecular weight is 289 g/mol. The molecule has 20 heavy (non-hydrogen) atoms. The zero-order valence-corrected chi connectivity index (χ0v) is 13.5. The molecular formula is C16H23N3S. The van der Waals surface area contributed by atoms with Gasteiger partial charge in [-0.05, 0) is 58.1 Å². The van der Waals surface area contributed by atoms with Crippen LogP contribution in [0.4, 0.5) is 0 Å². The maximum atomic E-state index is 8.11. The minimum atomic E-state index is -0.288. The standard InChI is InChI=1S/C16H23N3S/c1-16(2,18(3)4)11-19-9-7-12-13-8-10-20(17)15(13)6-5-14(12)19/h5-7,9,17H,8,10-11H2,1-4H3. The van der Waals surface area contributed by atoms with Crippen molar-refractivity contribution in [2.75, 3.05) is 19.8 Å². The predicted octanol–water partition coefficient (Wildman–Crippen LogP) is 3.28. The monoisotopic (exact) mass is 289 g/mol. The summed E-state index contributed by atoms with van der Waals surface area (Å²) in [5.41, 5.74) is 2.87. The SMILES string of the molecule is CN(C)C(C)(C)Cn1ccc2c3c(ccc21)S(=N)CC3. The van der Waals surface area contributed by atoms with Gasteiger partial charge in [0.1, 0.15) is 0 Å². The van der Waals surface area contributed by atoms with E-state index in [2.05, 4.69) is 61.8 Å². The largest absolute Gasteiger partial charge is 0.346 e. The highest BCUT2D eigenvalue weighted by Crippen LogP contribution is 2.32. The predicted molar refractivity (Wildman–Crippen MR) is 86.6 cm³/mol. The Balaban J connectivity index is 2.06. The van der Waals surface area contributed by atoms with Crippen LogP contribution in [0, 0.1) is 4.78 Å². The topological polar surface area (TPSA) is 32.0 Å². The molecule has 1 atom stereocenters. The van der Waals surface area contributed by atoms with Crippen molar-refractivity contribution in [3.63, 3.8) is 0 Å². The van der Waals surface area contributed by atoms with Gasteiger partial charge in [0.05, 0.1) is 0 Å². The molecule has 0 bridgehead atoms. The van der Waals surface area contributed by atoms with Gasteiger partial charge in [-0.15, -0.1) is 0 Å². The Labute approximate surface area is 123 Å². The van der Waals surface area contributed by atoms with Crippen molar-refractivity contribution in [1.29, 1.82) is 4.78 Å². The zero-order chi connectivity index (χ0) is 14.5. The van der Waals surface area contributed by atoms with Crippen LogP contribution in [0.1, 0.15) is 19.4 Å². The molecule has 1 aromatic heterocycles. The van der Waals surface area contributed by atoms with Crippen LogP contribution in [0.15, 0.2) is 29.3 Å². The molecule has 1 unspecified atom stereocenters. The second kappa shape index (κ2) is 4.71. The molecular weight excluding hydrogens is 266 g/mol. The van der Waals surface area contributed by atoms with E-state index < -0.39 is 0 Å². The number of nitrogens with zero attached hydrogens (tertiary/aromatic N) is 2. The number of hydrogen-bond donors (Lipinski definition) is 1. The lowest BCUT2D eigenvalue weighted by Gasteiger charge is -2.33. The molecule has 2 aromatic rings. The first kappa shape index (κ1) is 13.8. The summed E-state index contributed by atoms with van der Waals surface area (Å²) in [7, 11) is 3.98. The van der Waals surface area contributed by atoms with Crippen molar-refractivity contribution in [2.24, 2.45) is 0 Å². The first-order valence-electron chi connectivity index (χ1n) is 7.10. The highest BCUT2D eigenvalue weighted by molar-refractivity contribution is 7.86. The van der Waals surface area contributed by atoms with E-state index in [0.717, 1.165) is 18.7 Å². The maximum Gasteiger partial charge on any atom is 0.0484 e. The van der Waals surface area contributed by atoms with E-state index in [1.165, 1.54) is 21.4 Å². The Hall–Kier alpha value is -1.13. The molecule has 0 saturated carbocycles. The molecule has 1 aromatic carbocycles. The summed E-state index contributed by atoms with van der Waals surface area (Å²) in [6.07, 6.45) is 3.27. The van der Waals surface area contributed by atoms with Gasteiger partial charge in [-0.25, -0.2) is 0 Å². The Kier molecular flexibility index (Phi) is 3.26. The number of aryl methyl sites for hydroxylation is 1. The van der Waals surface area contributed by atoms with Gasteiger partial charge in [-0.1, -0.05) is 10.7 Å². The van der Waals surface area contributed by atoms with Crippen LogP contribution in [0.5, 0.6) is 0 Å². The van der Waals surface area contributed by atoms with Gasteiger partial charge < -0.3 is 9.47 Å². The van der Waals surface area contributed by atoms with Crippen molar-refractivity contribution in [1.82, 2.24) is 9.47 Å². The minimum absolute atomic E-state index is 0.130. The number of hydrogen-bond acceptors (Lipinski definition) is 2. The van der Waals surface area contributed by atoms with Gasteiger partial charge >= 0.3 is 0 Å². The van der Waals surface area contributed by atoms with Crippen LogP contribution in [0.3, 0.4) is 0 Å². The Bertz CT molecular complexity index is 682. The van der Waals surface area contributed by atoms with Gasteiger partial charge in [-0.2, -0.15) is 0 Å². The number of fused-ring (bicyclic) bond motifs is 3. The summed E-state index contributed by atoms with van der Waals surface area (Å²) in [5.74, 6) is 1.00. The van der Waals surface area contributed by atoms with Crippen LogP contribution < -0.4 is 0 Å². The minimum Gasteiger partial charge on any atom is -0.346 e. The van der Waals surface area contributed by atoms with E-state index in [9.17, 15) is 0 Å². The molecule has 3 nitrogen and oxygen atoms in total. The van der Waals surface area contributed by atoms with E-state index in [-0.39, 0.29) is 16.2 Å². The summed E-state index contributed by atoms with van der Waals surface area (Å²) in [5, 5.41) is 1.36. The van der Waals surface area contributed by atoms with Crippen LogP contribution >= 0.6 is 0 Å². The van der Waals surface area contributed by atoms with Gasteiger partial charge in [0.15, 0.2) is 0 Å². The smallest absolute Gasteiger partial charge is 0.0484 e. The van der Waals surface area contributed by atoms with Crippen LogP contribution in [0.2, 0.25) is 0 Å². The molecule has 0 spiro atoms. The lowest BCUT2D eigenvalue weighted by atomic mass is 10.0. The fourth-order valence-corrected chi connectivity index (χ4v) is 4.18. The molecule has 3 rings (SSSR count). The first-order chi connectivity index (χ1) is 9.40. The number of aromatic nitrogens is 1. The van der Waals surface area contributed by atoms with E-state index in [0.29, 0.717) is 0 Å². The molecule has 0 fully saturated rings. The van der Waals surface area contributed by atoms with Crippen molar-refractivity contribution in [3.05, 3.63) is 30.0 Å². The summed E-state index contributed by atoms with van der Waals surface area (Å²) in [4.78, 5) is 3.54. The Morgan fingerprint density at radius 2 is 2.05 bits per heavy atom. The van der Waals surface area contributed by atoms with E-state index in [4.69, 9.17) is 4.78 Å². The van der Waals surface area contributed by atoms with Crippen molar-refractivity contribution >= 4 is 21.6 Å². The number of nitrogens with one attached hydrogen (secondary N) is 1. The van der Waals surface area contributed by atoms with Gasteiger partial charge in [0.25, 0.3) is 0 Å². The number of rotatable bonds is 3. The third kappa shape index (κ3) is 2.11. The van der Waals surface area contributed by atoms with Gasteiger partial charge in [0, 0.05) is 39.8 Å². The highest BCUT2D eigenvalue weighted by Gasteiger charge is 2.23. The van der Waals surface area contributed by atoms with Crippen molar-refractivity contribution < 1.29 is 0 Å². The lowest BCUT2D eigenvalue weighted by Crippen LogP contribution is -2.41. The molecule has 0 radical (unpaired) electrons. The van der Waals surface area contributed by atoms with Crippen LogP contribution in [-0.2, 0) is 23.7 Å². The molecule has 1 aliphatic heterocycles. The van der Waals surface area contributed by atoms with Crippen molar-refractivity contribution in [3.8, 4) is 0 Å². The summed E-state index contributed by atoms with van der Waals surface area (Å²) >= 11 is 0. The van der Waals surface area contributed by atoms with Crippen LogP contribution in [0.25, 0.3) is 10.9 Å². The van der Waals surface area contributed by atoms with Gasteiger partial charge in [-0.3, -0.25) is 4.78 Å². The molecule has 0 aliphatic carbocycles. The molecule has 2 heterocycles. The third-order valence-electron chi connectivity index (χ3n) is 4.61. The van der Waals surface area contributed by atoms with Crippen LogP contribution in [-0.4, -0.2) is 34.9 Å². The highest BCUT2D eigenvalue weighted by atomic mass is 32.2. The average Bonchev–Trinajstić information content (AvgIpc) is 2.94. The molecule has 0 saturated heterocycles. The molecule has 1 aliphatic rings. The van der Waals surface area contributed by atoms with Crippen molar-refractivity contribution in [2.45, 2.75) is 37.2 Å². The maximum absolute atomic E-state index is 8.11. The Morgan fingerprint density at radius 3 is 2.75 bits per heavy atom. The molecule has 1 N–H and O–H groups in total. The fraction of sp³-hybridized carbons (Fsp3) is 0.500. The van der Waals surface area contributed by atoms with Gasteiger partial charge in [0.2, 0.25) is 0 Å². The van der Waals surface area contributed by atoms with E-state index >= 15 is 0 Å². The quantitative estimate of drug-likeness (QED) is 0.924. The molecule has 108 valence electrons. The second-order valence-electron chi connectivity index (χ2n) is 6.47. The van der Waals surface area contributed by atoms with E-state index in [1.54, 1.807) is 0 Å². The third-order valence-corrected chi connectivity index (χ3v) is 6.14. The normalized spacial score (nSPS) is 18.9. The first-order valence-corrected chi connectivity index (χ1v) is 8.50. The molecule has 0 amide bonds. The lowest BCUT2D eigenvalue weighted by molar-refractivity contribution is 0.171. The summed E-state index contributed by atoms with van der Waals surface area (Å²) in [6, 6.07) is 6.63. The zero-order valence-electron chi connectivity index (χ0n) is 12.7. The number of likely N-dealkylation sites (N-methyl/N-ethyl adjacent to an activating group) is 1.